The van der Waals surface area contributed by atoms with Gasteiger partial charge in [0, 0.05) is 17.8 Å². The lowest BCUT2D eigenvalue weighted by atomic mass is 9.88. The molecule has 1 saturated carbocycles. The summed E-state index contributed by atoms with van der Waals surface area (Å²) in [6.45, 7) is 2.65. The second-order valence-corrected chi connectivity index (χ2v) is 6.73. The number of hydrogen-bond acceptors (Lipinski definition) is 3. The first-order valence-corrected chi connectivity index (χ1v) is 8.55. The second-order valence-electron chi connectivity index (χ2n) is 5.45. The van der Waals surface area contributed by atoms with Gasteiger partial charge in [-0.25, -0.2) is 4.79 Å². The first kappa shape index (κ1) is 17.1. The molecule has 0 spiro atoms. The maximum Gasteiger partial charge on any atom is 0.314 e. The first-order chi connectivity index (χ1) is 9.53. The molecule has 0 aromatic rings. The van der Waals surface area contributed by atoms with E-state index in [0.717, 1.165) is 12.8 Å². The van der Waals surface area contributed by atoms with E-state index < -0.39 is 11.9 Å². The minimum Gasteiger partial charge on any atom is -0.481 e. The first-order valence-electron chi connectivity index (χ1n) is 7.32. The Morgan fingerprint density at radius 2 is 1.90 bits per heavy atom. The third-order valence-corrected chi connectivity index (χ3v) is 5.54. The maximum atomic E-state index is 11.8. The number of thioether (sulfide) groups is 1. The van der Waals surface area contributed by atoms with Crippen molar-refractivity contribution in [1.29, 1.82) is 0 Å². The SMILES string of the molecule is CCC(CNC(=O)NCC1(SC)CCCCC1)C(=O)O. The summed E-state index contributed by atoms with van der Waals surface area (Å²) in [5, 5.41) is 14.5. The van der Waals surface area contributed by atoms with Crippen LogP contribution in [-0.4, -0.2) is 41.2 Å². The number of nitrogens with one attached hydrogen (secondary N) is 2. The van der Waals surface area contributed by atoms with Crippen molar-refractivity contribution in [2.75, 3.05) is 19.3 Å². The van der Waals surface area contributed by atoms with Gasteiger partial charge in [0.05, 0.1) is 5.92 Å². The fraction of sp³-hybridized carbons (Fsp3) is 0.857. The molecule has 1 aliphatic carbocycles. The van der Waals surface area contributed by atoms with Crippen LogP contribution >= 0.6 is 11.8 Å². The van der Waals surface area contributed by atoms with Gasteiger partial charge in [-0.1, -0.05) is 26.2 Å². The predicted molar refractivity (Wildman–Crippen MR) is 82.1 cm³/mol. The van der Waals surface area contributed by atoms with E-state index in [0.29, 0.717) is 13.0 Å². The van der Waals surface area contributed by atoms with Crippen LogP contribution in [0.1, 0.15) is 45.4 Å². The Bertz CT molecular complexity index is 330. The number of rotatable bonds is 7. The van der Waals surface area contributed by atoms with Crippen molar-refractivity contribution in [2.24, 2.45) is 5.92 Å². The molecule has 3 N–H and O–H groups in total. The highest BCUT2D eigenvalue weighted by atomic mass is 32.2. The fourth-order valence-electron chi connectivity index (χ4n) is 2.58. The van der Waals surface area contributed by atoms with E-state index in [1.165, 1.54) is 19.3 Å². The molecular formula is C14H26N2O3S. The molecule has 5 nitrogen and oxygen atoms in total. The van der Waals surface area contributed by atoms with E-state index in [1.807, 2.05) is 18.7 Å². The van der Waals surface area contributed by atoms with Crippen molar-refractivity contribution in [3.8, 4) is 0 Å². The molecule has 6 heteroatoms. The second kappa shape index (κ2) is 8.39. The Morgan fingerprint density at radius 1 is 1.25 bits per heavy atom. The summed E-state index contributed by atoms with van der Waals surface area (Å²) in [5.41, 5.74) is 0. The third kappa shape index (κ3) is 5.23. The molecule has 1 rings (SSSR count). The summed E-state index contributed by atoms with van der Waals surface area (Å²) in [4.78, 5) is 22.6. The van der Waals surface area contributed by atoms with Crippen molar-refractivity contribution in [3.05, 3.63) is 0 Å². The van der Waals surface area contributed by atoms with E-state index in [1.54, 1.807) is 0 Å². The number of amides is 2. The maximum absolute atomic E-state index is 11.8. The Balaban J connectivity index is 2.33. The average Bonchev–Trinajstić information content (AvgIpc) is 2.46. The van der Waals surface area contributed by atoms with Gasteiger partial charge in [0.25, 0.3) is 0 Å². The van der Waals surface area contributed by atoms with E-state index in [-0.39, 0.29) is 17.3 Å². The van der Waals surface area contributed by atoms with E-state index in [2.05, 4.69) is 16.9 Å². The number of urea groups is 1. The van der Waals surface area contributed by atoms with Crippen molar-refractivity contribution in [2.45, 2.75) is 50.2 Å². The summed E-state index contributed by atoms with van der Waals surface area (Å²) in [7, 11) is 0. The molecular weight excluding hydrogens is 276 g/mol. The van der Waals surface area contributed by atoms with E-state index in [9.17, 15) is 9.59 Å². The Hall–Kier alpha value is -0.910. The predicted octanol–water partition coefficient (Wildman–Crippen LogP) is 2.46. The number of hydrogen-bond donors (Lipinski definition) is 3. The highest BCUT2D eigenvalue weighted by Crippen LogP contribution is 2.37. The standard InChI is InChI=1S/C14H26N2O3S/c1-3-11(12(17)18)9-15-13(19)16-10-14(20-2)7-5-4-6-8-14/h11H,3-10H2,1-2H3,(H,17,18)(H2,15,16,19). The van der Waals surface area contributed by atoms with Crippen molar-refractivity contribution >= 4 is 23.8 Å². The Morgan fingerprint density at radius 3 is 2.40 bits per heavy atom. The van der Waals surface area contributed by atoms with Gasteiger partial charge in [0.2, 0.25) is 0 Å². The van der Waals surface area contributed by atoms with Crippen LogP contribution in [0.3, 0.4) is 0 Å². The molecule has 0 radical (unpaired) electrons. The summed E-state index contributed by atoms with van der Waals surface area (Å²) < 4.78 is 0.159. The van der Waals surface area contributed by atoms with Crippen LogP contribution in [0.2, 0.25) is 0 Å². The topological polar surface area (TPSA) is 78.4 Å². The van der Waals surface area contributed by atoms with Crippen molar-refractivity contribution < 1.29 is 14.7 Å². The lowest BCUT2D eigenvalue weighted by Gasteiger charge is -2.35. The molecule has 1 atom stereocenters. The fourth-order valence-corrected chi connectivity index (χ4v) is 3.49. The highest BCUT2D eigenvalue weighted by molar-refractivity contribution is 8.00. The number of aliphatic carboxylic acids is 1. The van der Waals surface area contributed by atoms with Crippen molar-refractivity contribution in [1.82, 2.24) is 10.6 Å². The number of carbonyl (C=O) groups excluding carboxylic acids is 1. The van der Waals surface area contributed by atoms with Crippen LogP contribution in [0.25, 0.3) is 0 Å². The molecule has 0 aliphatic heterocycles. The normalized spacial score (nSPS) is 19.1. The van der Waals surface area contributed by atoms with Crippen molar-refractivity contribution in [3.63, 3.8) is 0 Å². The molecule has 1 unspecified atom stereocenters. The van der Waals surface area contributed by atoms with Gasteiger partial charge < -0.3 is 15.7 Å². The lowest BCUT2D eigenvalue weighted by Crippen LogP contribution is -2.46. The minimum absolute atomic E-state index is 0.159. The summed E-state index contributed by atoms with van der Waals surface area (Å²) in [6.07, 6.45) is 8.63. The number of carbonyl (C=O) groups is 2. The molecule has 0 aromatic carbocycles. The minimum atomic E-state index is -0.860. The average molecular weight is 302 g/mol. The largest absolute Gasteiger partial charge is 0.481 e. The molecule has 116 valence electrons. The zero-order valence-corrected chi connectivity index (χ0v) is 13.2. The third-order valence-electron chi connectivity index (χ3n) is 4.12. The molecule has 1 fully saturated rings. The molecule has 1 aliphatic rings. The van der Waals surface area contributed by atoms with Crippen LogP contribution in [0, 0.1) is 5.92 Å². The molecule has 0 heterocycles. The molecule has 0 saturated heterocycles. The van der Waals surface area contributed by atoms with Crippen LogP contribution in [0.5, 0.6) is 0 Å². The van der Waals surface area contributed by atoms with E-state index in [4.69, 9.17) is 5.11 Å². The number of carboxylic acid groups (broad SMARTS) is 1. The van der Waals surface area contributed by atoms with E-state index >= 15 is 0 Å². The van der Waals surface area contributed by atoms with Gasteiger partial charge >= 0.3 is 12.0 Å². The Labute approximate surface area is 125 Å². The van der Waals surface area contributed by atoms with Crippen LogP contribution in [-0.2, 0) is 4.79 Å². The molecule has 0 bridgehead atoms. The smallest absolute Gasteiger partial charge is 0.314 e. The molecule has 2 amide bonds. The zero-order valence-electron chi connectivity index (χ0n) is 12.4. The summed E-state index contributed by atoms with van der Waals surface area (Å²) >= 11 is 1.83. The summed E-state index contributed by atoms with van der Waals surface area (Å²) in [5.74, 6) is -1.37. The highest BCUT2D eigenvalue weighted by Gasteiger charge is 2.31. The molecule has 20 heavy (non-hydrogen) atoms. The Kier molecular flexibility index (Phi) is 7.19. The quantitative estimate of drug-likeness (QED) is 0.675. The lowest BCUT2D eigenvalue weighted by molar-refractivity contribution is -0.141. The zero-order chi connectivity index (χ0) is 15.0. The van der Waals surface area contributed by atoms with Gasteiger partial charge in [-0.3, -0.25) is 4.79 Å². The number of carboxylic acids is 1. The van der Waals surface area contributed by atoms with Gasteiger partial charge in [-0.05, 0) is 25.5 Å². The van der Waals surface area contributed by atoms with Gasteiger partial charge in [-0.2, -0.15) is 11.8 Å². The van der Waals surface area contributed by atoms with Gasteiger partial charge in [-0.15, -0.1) is 0 Å². The van der Waals surface area contributed by atoms with Gasteiger partial charge in [0.1, 0.15) is 0 Å². The molecule has 0 aromatic heterocycles. The summed E-state index contributed by atoms with van der Waals surface area (Å²) in [6, 6.07) is -0.260. The monoisotopic (exact) mass is 302 g/mol. The van der Waals surface area contributed by atoms with Crippen LogP contribution in [0.4, 0.5) is 4.79 Å². The van der Waals surface area contributed by atoms with Crippen LogP contribution in [0.15, 0.2) is 0 Å². The van der Waals surface area contributed by atoms with Gasteiger partial charge in [0.15, 0.2) is 0 Å². The van der Waals surface area contributed by atoms with Crippen LogP contribution < -0.4 is 10.6 Å².